The molecule has 62 valence electrons. The van der Waals surface area contributed by atoms with Crippen molar-refractivity contribution >= 4 is 17.3 Å². The zero-order chi connectivity index (χ0) is 8.69. The molecule has 0 aromatic carbocycles. The number of hydrogen-bond donors (Lipinski definition) is 0. The Morgan fingerprint density at radius 1 is 1.55 bits per heavy atom. The quantitative estimate of drug-likeness (QED) is 0.608. The van der Waals surface area contributed by atoms with E-state index in [9.17, 15) is 4.79 Å². The molecule has 1 aromatic heterocycles. The van der Waals surface area contributed by atoms with Gasteiger partial charge in [0.15, 0.2) is 0 Å². The Balaban J connectivity index is 0.000000461. The van der Waals surface area contributed by atoms with Crippen molar-refractivity contribution in [3.8, 4) is 0 Å². The monoisotopic (exact) mass is 172 g/mol. The topological polar surface area (TPSA) is 26.3 Å². The fourth-order valence-electron chi connectivity index (χ4n) is 0.495. The lowest BCUT2D eigenvalue weighted by atomic mass is 10.5. The summed E-state index contributed by atoms with van der Waals surface area (Å²) in [5.74, 6) is -0.259. The third-order valence-electron chi connectivity index (χ3n) is 0.908. The largest absolute Gasteiger partial charge is 0.465 e. The second-order valence-electron chi connectivity index (χ2n) is 1.47. The first-order valence-corrected chi connectivity index (χ1v) is 4.34. The van der Waals surface area contributed by atoms with Crippen LogP contribution >= 0.6 is 11.3 Å². The summed E-state index contributed by atoms with van der Waals surface area (Å²) in [6.07, 6.45) is 0. The normalized spacial score (nSPS) is 7.91. The highest BCUT2D eigenvalue weighted by molar-refractivity contribution is 7.11. The van der Waals surface area contributed by atoms with E-state index in [1.165, 1.54) is 18.4 Å². The number of thiophene rings is 1. The zero-order valence-corrected chi connectivity index (χ0v) is 7.77. The van der Waals surface area contributed by atoms with Gasteiger partial charge in [-0.2, -0.15) is 0 Å². The second kappa shape index (κ2) is 5.92. The van der Waals surface area contributed by atoms with E-state index in [-0.39, 0.29) is 5.97 Å². The smallest absolute Gasteiger partial charge is 0.348 e. The van der Waals surface area contributed by atoms with Crippen molar-refractivity contribution < 1.29 is 9.53 Å². The SMILES string of the molecule is CC.COC(=O)c1cccs1. The van der Waals surface area contributed by atoms with Gasteiger partial charge < -0.3 is 4.74 Å². The third kappa shape index (κ3) is 3.18. The number of hydrogen-bond acceptors (Lipinski definition) is 3. The summed E-state index contributed by atoms with van der Waals surface area (Å²) >= 11 is 1.38. The number of esters is 1. The summed E-state index contributed by atoms with van der Waals surface area (Å²) in [6, 6.07) is 3.55. The highest BCUT2D eigenvalue weighted by Crippen LogP contribution is 2.08. The van der Waals surface area contributed by atoms with Gasteiger partial charge in [-0.3, -0.25) is 0 Å². The molecule has 0 radical (unpaired) electrons. The molecule has 0 bridgehead atoms. The van der Waals surface area contributed by atoms with Crippen molar-refractivity contribution in [3.63, 3.8) is 0 Å². The molecule has 0 aliphatic heterocycles. The molecule has 0 N–H and O–H groups in total. The fraction of sp³-hybridized carbons (Fsp3) is 0.375. The van der Waals surface area contributed by atoms with Crippen molar-refractivity contribution in [1.29, 1.82) is 0 Å². The van der Waals surface area contributed by atoms with Gasteiger partial charge in [-0.1, -0.05) is 19.9 Å². The lowest BCUT2D eigenvalue weighted by Gasteiger charge is -1.90. The highest BCUT2D eigenvalue weighted by atomic mass is 32.1. The number of carbonyl (C=O) groups is 1. The average Bonchev–Trinajstić information content (AvgIpc) is 2.59. The Bertz CT molecular complexity index is 192. The summed E-state index contributed by atoms with van der Waals surface area (Å²) in [4.78, 5) is 11.3. The number of carbonyl (C=O) groups excluding carboxylic acids is 1. The lowest BCUT2D eigenvalue weighted by Crippen LogP contribution is -1.96. The molecule has 0 amide bonds. The summed E-state index contributed by atoms with van der Waals surface area (Å²) in [7, 11) is 1.38. The Kier molecular flexibility index (Phi) is 5.47. The van der Waals surface area contributed by atoms with Crippen molar-refractivity contribution in [2.24, 2.45) is 0 Å². The molecule has 1 rings (SSSR count). The van der Waals surface area contributed by atoms with E-state index in [4.69, 9.17) is 0 Å². The van der Waals surface area contributed by atoms with Crippen LogP contribution in [0.1, 0.15) is 23.5 Å². The van der Waals surface area contributed by atoms with E-state index >= 15 is 0 Å². The summed E-state index contributed by atoms with van der Waals surface area (Å²) in [6.45, 7) is 4.00. The standard InChI is InChI=1S/C6H6O2S.C2H6/c1-8-6(7)5-3-2-4-9-5;1-2/h2-4H,1H3;1-2H3. The molecule has 0 atom stereocenters. The van der Waals surface area contributed by atoms with Crippen LogP contribution in [-0.4, -0.2) is 13.1 Å². The van der Waals surface area contributed by atoms with Gasteiger partial charge in [0.1, 0.15) is 4.88 Å². The molecule has 0 saturated heterocycles. The first-order chi connectivity index (χ1) is 5.34. The van der Waals surface area contributed by atoms with Crippen LogP contribution in [0.2, 0.25) is 0 Å². The van der Waals surface area contributed by atoms with Gasteiger partial charge in [0.2, 0.25) is 0 Å². The predicted molar refractivity (Wildman–Crippen MR) is 47.0 cm³/mol. The van der Waals surface area contributed by atoms with Crippen LogP contribution in [0.5, 0.6) is 0 Å². The van der Waals surface area contributed by atoms with Crippen LogP contribution in [0.15, 0.2) is 17.5 Å². The maximum Gasteiger partial charge on any atom is 0.348 e. The van der Waals surface area contributed by atoms with Crippen molar-refractivity contribution in [2.75, 3.05) is 7.11 Å². The van der Waals surface area contributed by atoms with Gasteiger partial charge in [-0.25, -0.2) is 4.79 Å². The molecule has 0 unspecified atom stereocenters. The van der Waals surface area contributed by atoms with E-state index in [0.29, 0.717) is 4.88 Å². The van der Waals surface area contributed by atoms with E-state index < -0.39 is 0 Å². The van der Waals surface area contributed by atoms with Gasteiger partial charge in [0.05, 0.1) is 7.11 Å². The zero-order valence-electron chi connectivity index (χ0n) is 6.96. The molecule has 3 heteroatoms. The summed E-state index contributed by atoms with van der Waals surface area (Å²) in [5.41, 5.74) is 0. The number of ether oxygens (including phenoxy) is 1. The van der Waals surface area contributed by atoms with Crippen molar-refractivity contribution in [3.05, 3.63) is 22.4 Å². The molecule has 11 heavy (non-hydrogen) atoms. The first kappa shape index (κ1) is 10.2. The molecule has 1 aromatic rings. The summed E-state index contributed by atoms with van der Waals surface area (Å²) in [5, 5.41) is 1.84. The Morgan fingerprint density at radius 2 is 2.18 bits per heavy atom. The Labute approximate surface area is 70.8 Å². The first-order valence-electron chi connectivity index (χ1n) is 3.46. The molecule has 0 spiro atoms. The predicted octanol–water partition coefficient (Wildman–Crippen LogP) is 2.56. The van der Waals surface area contributed by atoms with Crippen LogP contribution in [0.4, 0.5) is 0 Å². The minimum absolute atomic E-state index is 0.259. The van der Waals surface area contributed by atoms with E-state index in [1.807, 2.05) is 25.3 Å². The van der Waals surface area contributed by atoms with Gasteiger partial charge in [0, 0.05) is 0 Å². The van der Waals surface area contributed by atoms with Crippen molar-refractivity contribution in [2.45, 2.75) is 13.8 Å². The van der Waals surface area contributed by atoms with Crippen LogP contribution in [0.25, 0.3) is 0 Å². The van der Waals surface area contributed by atoms with Gasteiger partial charge in [-0.05, 0) is 11.4 Å². The van der Waals surface area contributed by atoms with Crippen LogP contribution in [0, 0.1) is 0 Å². The van der Waals surface area contributed by atoms with E-state index in [1.54, 1.807) is 6.07 Å². The maximum absolute atomic E-state index is 10.7. The number of rotatable bonds is 1. The molecule has 0 aliphatic carbocycles. The molecule has 0 fully saturated rings. The van der Waals surface area contributed by atoms with Crippen molar-refractivity contribution in [1.82, 2.24) is 0 Å². The van der Waals surface area contributed by atoms with E-state index in [0.717, 1.165) is 0 Å². The summed E-state index contributed by atoms with van der Waals surface area (Å²) < 4.78 is 4.47. The molecule has 0 saturated carbocycles. The molecule has 2 nitrogen and oxygen atoms in total. The molecule has 1 heterocycles. The Hall–Kier alpha value is -0.830. The van der Waals surface area contributed by atoms with Gasteiger partial charge >= 0.3 is 5.97 Å². The highest BCUT2D eigenvalue weighted by Gasteiger charge is 2.03. The lowest BCUT2D eigenvalue weighted by molar-refractivity contribution is 0.0606. The van der Waals surface area contributed by atoms with Gasteiger partial charge in [0.25, 0.3) is 0 Å². The van der Waals surface area contributed by atoms with Crippen LogP contribution < -0.4 is 0 Å². The minimum atomic E-state index is -0.259. The minimum Gasteiger partial charge on any atom is -0.465 e. The molecular formula is C8H12O2S. The fourth-order valence-corrected chi connectivity index (χ4v) is 1.14. The number of methoxy groups -OCH3 is 1. The second-order valence-corrected chi connectivity index (χ2v) is 2.42. The average molecular weight is 172 g/mol. The molecular weight excluding hydrogens is 160 g/mol. The maximum atomic E-state index is 10.7. The molecule has 0 aliphatic rings. The van der Waals surface area contributed by atoms with Crippen LogP contribution in [-0.2, 0) is 4.74 Å². The Morgan fingerprint density at radius 3 is 2.55 bits per heavy atom. The third-order valence-corrected chi connectivity index (χ3v) is 1.76. The van der Waals surface area contributed by atoms with E-state index in [2.05, 4.69) is 4.74 Å². The van der Waals surface area contributed by atoms with Crippen LogP contribution in [0.3, 0.4) is 0 Å². The van der Waals surface area contributed by atoms with Gasteiger partial charge in [-0.15, -0.1) is 11.3 Å².